The van der Waals surface area contributed by atoms with Gasteiger partial charge in [-0.05, 0) is 60.1 Å². The Morgan fingerprint density at radius 3 is 2.61 bits per heavy atom. The third-order valence-electron chi connectivity index (χ3n) is 2.83. The largest absolute Gasteiger partial charge is 0.313 e. The fraction of sp³-hybridized carbons (Fsp3) is 0.357. The van der Waals surface area contributed by atoms with Gasteiger partial charge in [-0.1, -0.05) is 13.0 Å². The Labute approximate surface area is 116 Å². The number of aromatic nitrogens is 2. The highest BCUT2D eigenvalue weighted by molar-refractivity contribution is 9.10. The van der Waals surface area contributed by atoms with Gasteiger partial charge in [-0.25, -0.2) is 4.68 Å². The van der Waals surface area contributed by atoms with Gasteiger partial charge >= 0.3 is 0 Å². The lowest BCUT2D eigenvalue weighted by Crippen LogP contribution is -2.12. The SMILES string of the molecule is CCNCc1ccc(-n2nc(C)cc2C)c(Br)c1. The Kier molecular flexibility index (Phi) is 4.19. The molecule has 0 atom stereocenters. The van der Waals surface area contributed by atoms with Gasteiger partial charge in [0.05, 0.1) is 11.4 Å². The second kappa shape index (κ2) is 5.67. The first kappa shape index (κ1) is 13.3. The van der Waals surface area contributed by atoms with Gasteiger partial charge in [0.1, 0.15) is 0 Å². The zero-order valence-electron chi connectivity index (χ0n) is 11.0. The predicted octanol–water partition coefficient (Wildman–Crippen LogP) is 3.36. The summed E-state index contributed by atoms with van der Waals surface area (Å²) < 4.78 is 3.04. The van der Waals surface area contributed by atoms with Crippen molar-refractivity contribution in [3.05, 3.63) is 45.7 Å². The van der Waals surface area contributed by atoms with Crippen LogP contribution in [0.2, 0.25) is 0 Å². The van der Waals surface area contributed by atoms with Crippen LogP contribution in [0, 0.1) is 13.8 Å². The van der Waals surface area contributed by atoms with Gasteiger partial charge in [0.25, 0.3) is 0 Å². The third kappa shape index (κ3) is 2.82. The van der Waals surface area contributed by atoms with Crippen LogP contribution in [-0.4, -0.2) is 16.3 Å². The first-order valence-corrected chi connectivity index (χ1v) is 6.94. The maximum absolute atomic E-state index is 4.50. The molecule has 2 rings (SSSR count). The van der Waals surface area contributed by atoms with E-state index in [0.717, 1.165) is 34.6 Å². The number of benzene rings is 1. The third-order valence-corrected chi connectivity index (χ3v) is 3.46. The molecule has 18 heavy (non-hydrogen) atoms. The van der Waals surface area contributed by atoms with Crippen LogP contribution in [0.4, 0.5) is 0 Å². The Morgan fingerprint density at radius 2 is 2.06 bits per heavy atom. The topological polar surface area (TPSA) is 29.9 Å². The minimum atomic E-state index is 0.895. The van der Waals surface area contributed by atoms with Crippen molar-refractivity contribution in [2.24, 2.45) is 0 Å². The van der Waals surface area contributed by atoms with Crippen LogP contribution in [0.15, 0.2) is 28.7 Å². The number of hydrogen-bond acceptors (Lipinski definition) is 2. The Hall–Kier alpha value is -1.13. The van der Waals surface area contributed by atoms with E-state index in [4.69, 9.17) is 0 Å². The monoisotopic (exact) mass is 307 g/mol. The molecule has 1 aromatic carbocycles. The number of rotatable bonds is 4. The average Bonchev–Trinajstić information content (AvgIpc) is 2.66. The summed E-state index contributed by atoms with van der Waals surface area (Å²) in [5.41, 5.74) is 4.54. The summed E-state index contributed by atoms with van der Waals surface area (Å²) in [6.45, 7) is 8.07. The molecule has 0 bridgehead atoms. The van der Waals surface area contributed by atoms with Gasteiger partial charge in [0, 0.05) is 16.7 Å². The van der Waals surface area contributed by atoms with Crippen LogP contribution in [0.25, 0.3) is 5.69 Å². The van der Waals surface area contributed by atoms with Gasteiger partial charge in [-0.2, -0.15) is 5.10 Å². The lowest BCUT2D eigenvalue weighted by molar-refractivity contribution is 0.725. The van der Waals surface area contributed by atoms with Gasteiger partial charge in [-0.3, -0.25) is 0 Å². The molecule has 2 aromatic rings. The van der Waals surface area contributed by atoms with Crippen molar-refractivity contribution in [2.45, 2.75) is 27.3 Å². The van der Waals surface area contributed by atoms with Gasteiger partial charge in [-0.15, -0.1) is 0 Å². The van der Waals surface area contributed by atoms with Gasteiger partial charge < -0.3 is 5.32 Å². The summed E-state index contributed by atoms with van der Waals surface area (Å²) in [7, 11) is 0. The molecule has 1 heterocycles. The second-order valence-corrected chi connectivity index (χ2v) is 5.26. The van der Waals surface area contributed by atoms with Crippen molar-refractivity contribution in [1.29, 1.82) is 0 Å². The molecule has 3 nitrogen and oxygen atoms in total. The van der Waals surface area contributed by atoms with Gasteiger partial charge in [0.2, 0.25) is 0 Å². The molecule has 0 saturated carbocycles. The van der Waals surface area contributed by atoms with Crippen molar-refractivity contribution in [2.75, 3.05) is 6.54 Å². The van der Waals surface area contributed by atoms with Crippen molar-refractivity contribution in [3.8, 4) is 5.69 Å². The maximum Gasteiger partial charge on any atom is 0.0790 e. The number of aryl methyl sites for hydroxylation is 2. The summed E-state index contributed by atoms with van der Waals surface area (Å²) in [6, 6.07) is 8.48. The van der Waals surface area contributed by atoms with E-state index in [1.807, 2.05) is 11.6 Å². The zero-order valence-corrected chi connectivity index (χ0v) is 12.6. The summed E-state index contributed by atoms with van der Waals surface area (Å²) in [5.74, 6) is 0. The van der Waals surface area contributed by atoms with Crippen LogP contribution in [0.3, 0.4) is 0 Å². The smallest absolute Gasteiger partial charge is 0.0790 e. The minimum absolute atomic E-state index is 0.895. The van der Waals surface area contributed by atoms with Crippen LogP contribution >= 0.6 is 15.9 Å². The average molecular weight is 308 g/mol. The molecular weight excluding hydrogens is 290 g/mol. The van der Waals surface area contributed by atoms with E-state index in [1.165, 1.54) is 5.56 Å². The summed E-state index contributed by atoms with van der Waals surface area (Å²) in [5, 5.41) is 7.83. The first-order chi connectivity index (χ1) is 8.61. The lowest BCUT2D eigenvalue weighted by Gasteiger charge is -2.09. The van der Waals surface area contributed by atoms with E-state index in [2.05, 4.69) is 64.5 Å². The van der Waals surface area contributed by atoms with Crippen LogP contribution in [-0.2, 0) is 6.54 Å². The fourth-order valence-electron chi connectivity index (χ4n) is 1.97. The summed E-state index contributed by atoms with van der Waals surface area (Å²) >= 11 is 3.63. The van der Waals surface area contributed by atoms with Crippen molar-refractivity contribution < 1.29 is 0 Å². The molecular formula is C14H18BrN3. The molecule has 1 aromatic heterocycles. The predicted molar refractivity (Wildman–Crippen MR) is 78.1 cm³/mol. The van der Waals surface area contributed by atoms with Crippen LogP contribution < -0.4 is 5.32 Å². The molecule has 0 fully saturated rings. The molecule has 0 saturated heterocycles. The lowest BCUT2D eigenvalue weighted by atomic mass is 10.2. The number of nitrogens with zero attached hydrogens (tertiary/aromatic N) is 2. The molecule has 96 valence electrons. The first-order valence-electron chi connectivity index (χ1n) is 6.14. The Balaban J connectivity index is 2.32. The van der Waals surface area contributed by atoms with Crippen molar-refractivity contribution in [1.82, 2.24) is 15.1 Å². The molecule has 4 heteroatoms. The Bertz CT molecular complexity index is 546. The fourth-order valence-corrected chi connectivity index (χ4v) is 2.57. The normalized spacial score (nSPS) is 10.9. The Morgan fingerprint density at radius 1 is 1.28 bits per heavy atom. The van der Waals surface area contributed by atoms with E-state index >= 15 is 0 Å². The van der Waals surface area contributed by atoms with Crippen LogP contribution in [0.5, 0.6) is 0 Å². The highest BCUT2D eigenvalue weighted by Crippen LogP contribution is 2.23. The molecule has 0 spiro atoms. The molecule has 0 amide bonds. The number of hydrogen-bond donors (Lipinski definition) is 1. The van der Waals surface area contributed by atoms with E-state index in [1.54, 1.807) is 0 Å². The van der Waals surface area contributed by atoms with Crippen molar-refractivity contribution >= 4 is 15.9 Å². The van der Waals surface area contributed by atoms with Crippen molar-refractivity contribution in [3.63, 3.8) is 0 Å². The summed E-state index contributed by atoms with van der Waals surface area (Å²) in [4.78, 5) is 0. The molecule has 0 radical (unpaired) electrons. The highest BCUT2D eigenvalue weighted by atomic mass is 79.9. The molecule has 0 aliphatic heterocycles. The standard InChI is InChI=1S/C14H18BrN3/c1-4-16-9-12-5-6-14(13(15)8-12)18-11(3)7-10(2)17-18/h5-8,16H,4,9H2,1-3H3. The van der Waals surface area contributed by atoms with E-state index < -0.39 is 0 Å². The minimum Gasteiger partial charge on any atom is -0.313 e. The number of halogens is 1. The van der Waals surface area contributed by atoms with Crippen LogP contribution in [0.1, 0.15) is 23.9 Å². The van der Waals surface area contributed by atoms with Gasteiger partial charge in [0.15, 0.2) is 0 Å². The summed E-state index contributed by atoms with van der Waals surface area (Å²) in [6.07, 6.45) is 0. The van der Waals surface area contributed by atoms with E-state index in [0.29, 0.717) is 0 Å². The molecule has 0 aliphatic rings. The molecule has 0 unspecified atom stereocenters. The molecule has 0 aliphatic carbocycles. The van der Waals surface area contributed by atoms with E-state index in [9.17, 15) is 0 Å². The quantitative estimate of drug-likeness (QED) is 0.938. The number of nitrogens with one attached hydrogen (secondary N) is 1. The zero-order chi connectivity index (χ0) is 13.1. The second-order valence-electron chi connectivity index (χ2n) is 4.40. The maximum atomic E-state index is 4.50. The van der Waals surface area contributed by atoms with E-state index in [-0.39, 0.29) is 0 Å². The molecule has 1 N–H and O–H groups in total. The highest BCUT2D eigenvalue weighted by Gasteiger charge is 2.08.